The van der Waals surface area contributed by atoms with Crippen LogP contribution in [0.2, 0.25) is 0 Å². The molecule has 17 heavy (non-hydrogen) atoms. The smallest absolute Gasteiger partial charge is 0.239 e. The first-order valence-electron chi connectivity index (χ1n) is 5.81. The summed E-state index contributed by atoms with van der Waals surface area (Å²) in [6.07, 6.45) is 0.823. The number of halogens is 1. The number of hydrogen-bond donors (Lipinski definition) is 1. The predicted molar refractivity (Wildman–Crippen MR) is 64.0 cm³/mol. The molecule has 1 atom stereocenters. The number of aryl methyl sites for hydroxylation is 1. The van der Waals surface area contributed by atoms with E-state index in [9.17, 15) is 9.18 Å². The van der Waals surface area contributed by atoms with Crippen molar-refractivity contribution in [2.45, 2.75) is 25.9 Å². The maximum atomic E-state index is 13.1. The lowest BCUT2D eigenvalue weighted by molar-refractivity contribution is -0.128. The summed E-state index contributed by atoms with van der Waals surface area (Å²) in [6.45, 7) is 3.27. The van der Waals surface area contributed by atoms with Gasteiger partial charge in [0.2, 0.25) is 5.91 Å². The quantitative estimate of drug-likeness (QED) is 0.861. The van der Waals surface area contributed by atoms with Crippen molar-refractivity contribution in [1.29, 1.82) is 0 Å². The van der Waals surface area contributed by atoms with Crippen LogP contribution >= 0.6 is 0 Å². The van der Waals surface area contributed by atoms with Crippen molar-refractivity contribution in [1.82, 2.24) is 10.2 Å². The maximum Gasteiger partial charge on any atom is 0.239 e. The molecule has 0 saturated carbocycles. The number of nitrogens with zero attached hydrogens (tertiary/aromatic N) is 1. The zero-order valence-electron chi connectivity index (χ0n) is 10.2. The summed E-state index contributed by atoms with van der Waals surface area (Å²) < 4.78 is 13.1. The molecule has 0 radical (unpaired) electrons. The average Bonchev–Trinajstić information content (AvgIpc) is 2.62. The molecule has 0 aliphatic carbocycles. The van der Waals surface area contributed by atoms with Crippen molar-refractivity contribution in [3.05, 3.63) is 35.1 Å². The zero-order chi connectivity index (χ0) is 12.4. The predicted octanol–water partition coefficient (Wildman–Crippen LogP) is 1.45. The molecule has 2 rings (SSSR count). The van der Waals surface area contributed by atoms with Gasteiger partial charge in [-0.05, 0) is 36.6 Å². The molecule has 0 aromatic heterocycles. The van der Waals surface area contributed by atoms with E-state index >= 15 is 0 Å². The molecular weight excluding hydrogens is 219 g/mol. The Morgan fingerprint density at radius 3 is 2.94 bits per heavy atom. The van der Waals surface area contributed by atoms with Gasteiger partial charge in [-0.15, -0.1) is 0 Å². The number of rotatable bonds is 3. The highest BCUT2D eigenvalue weighted by Gasteiger charge is 2.28. The van der Waals surface area contributed by atoms with E-state index in [0.717, 1.165) is 24.1 Å². The van der Waals surface area contributed by atoms with Gasteiger partial charge in [0, 0.05) is 20.1 Å². The van der Waals surface area contributed by atoms with Crippen LogP contribution in [-0.2, 0) is 11.3 Å². The molecule has 1 aromatic carbocycles. The molecule has 1 N–H and O–H groups in total. The lowest BCUT2D eigenvalue weighted by atomic mass is 10.1. The van der Waals surface area contributed by atoms with E-state index < -0.39 is 0 Å². The number of likely N-dealkylation sites (tertiary alicyclic amines) is 1. The topological polar surface area (TPSA) is 32.3 Å². The normalized spacial score (nSPS) is 20.1. The Balaban J connectivity index is 1.98. The summed E-state index contributed by atoms with van der Waals surface area (Å²) in [5, 5.41) is 3.19. The molecule has 1 amide bonds. The molecule has 1 heterocycles. The minimum Gasteiger partial charge on any atom is -0.344 e. The Kier molecular flexibility index (Phi) is 3.43. The van der Waals surface area contributed by atoms with Crippen LogP contribution in [0.25, 0.3) is 0 Å². The first-order valence-corrected chi connectivity index (χ1v) is 5.81. The highest BCUT2D eigenvalue weighted by atomic mass is 19.1. The zero-order valence-corrected chi connectivity index (χ0v) is 10.2. The van der Waals surface area contributed by atoms with E-state index in [2.05, 4.69) is 5.32 Å². The minimum absolute atomic E-state index is 0.123. The second-order valence-electron chi connectivity index (χ2n) is 4.55. The van der Waals surface area contributed by atoms with E-state index in [1.54, 1.807) is 18.0 Å². The number of likely N-dealkylation sites (N-methyl/N-ethyl adjacent to an activating group) is 1. The monoisotopic (exact) mass is 236 g/mol. The molecule has 4 heteroatoms. The number of carbonyl (C=O) groups excluding carboxylic acids is 1. The second-order valence-corrected chi connectivity index (χ2v) is 4.55. The Bertz CT molecular complexity index is 433. The van der Waals surface area contributed by atoms with Crippen molar-refractivity contribution in [2.75, 3.05) is 13.6 Å². The summed E-state index contributed by atoms with van der Waals surface area (Å²) in [7, 11) is 1.80. The van der Waals surface area contributed by atoms with Crippen molar-refractivity contribution in [2.24, 2.45) is 0 Å². The highest BCUT2D eigenvalue weighted by Crippen LogP contribution is 2.13. The summed E-state index contributed by atoms with van der Waals surface area (Å²) in [6, 6.07) is 4.61. The molecule has 3 nitrogen and oxygen atoms in total. The first-order chi connectivity index (χ1) is 8.08. The maximum absolute atomic E-state index is 13.1. The molecule has 1 aliphatic heterocycles. The summed E-state index contributed by atoms with van der Waals surface area (Å²) in [5.74, 6) is -0.110. The van der Waals surface area contributed by atoms with Gasteiger partial charge in [0.05, 0.1) is 6.04 Å². The van der Waals surface area contributed by atoms with Crippen molar-refractivity contribution < 1.29 is 9.18 Å². The fraction of sp³-hybridized carbons (Fsp3) is 0.462. The molecule has 0 bridgehead atoms. The Morgan fingerprint density at radius 1 is 1.53 bits per heavy atom. The molecule has 1 unspecified atom stereocenters. The van der Waals surface area contributed by atoms with Crippen LogP contribution in [0.5, 0.6) is 0 Å². The van der Waals surface area contributed by atoms with Crippen LogP contribution in [0.4, 0.5) is 4.39 Å². The molecule has 92 valence electrons. The van der Waals surface area contributed by atoms with Crippen molar-refractivity contribution in [3.63, 3.8) is 0 Å². The van der Waals surface area contributed by atoms with Crippen molar-refractivity contribution >= 4 is 5.91 Å². The average molecular weight is 236 g/mol. The van der Waals surface area contributed by atoms with E-state index in [1.807, 2.05) is 6.92 Å². The van der Waals surface area contributed by atoms with Gasteiger partial charge < -0.3 is 10.2 Å². The Morgan fingerprint density at radius 2 is 2.29 bits per heavy atom. The van der Waals surface area contributed by atoms with Gasteiger partial charge in [0.15, 0.2) is 0 Å². The lowest BCUT2D eigenvalue weighted by Gasteiger charge is -2.13. The number of carbonyl (C=O) groups is 1. The number of amides is 1. The standard InChI is InChI=1S/C13H17FN2O/c1-9-3-4-11(14)7-10(9)8-15-12-5-6-16(2)13(12)17/h3-4,7,12,15H,5-6,8H2,1-2H3. The minimum atomic E-state index is -0.234. The Labute approximate surface area is 101 Å². The Hall–Kier alpha value is -1.42. The van der Waals surface area contributed by atoms with Gasteiger partial charge in [0.25, 0.3) is 0 Å². The fourth-order valence-electron chi connectivity index (χ4n) is 2.08. The van der Waals surface area contributed by atoms with E-state index in [4.69, 9.17) is 0 Å². The molecule has 1 aromatic rings. The molecule has 1 fully saturated rings. The first kappa shape index (κ1) is 12.0. The third-order valence-electron chi connectivity index (χ3n) is 3.28. The van der Waals surface area contributed by atoms with Crippen LogP contribution in [0.3, 0.4) is 0 Å². The largest absolute Gasteiger partial charge is 0.344 e. The van der Waals surface area contributed by atoms with Crippen molar-refractivity contribution in [3.8, 4) is 0 Å². The van der Waals surface area contributed by atoms with Gasteiger partial charge in [-0.1, -0.05) is 6.07 Å². The summed E-state index contributed by atoms with van der Waals surface area (Å²) in [5.41, 5.74) is 1.95. The third-order valence-corrected chi connectivity index (χ3v) is 3.28. The van der Waals surface area contributed by atoms with Crippen LogP contribution in [0.15, 0.2) is 18.2 Å². The second kappa shape index (κ2) is 4.84. The van der Waals surface area contributed by atoms with Gasteiger partial charge in [0.1, 0.15) is 5.82 Å². The fourth-order valence-corrected chi connectivity index (χ4v) is 2.08. The number of benzene rings is 1. The van der Waals surface area contributed by atoms with E-state index in [0.29, 0.717) is 6.54 Å². The van der Waals surface area contributed by atoms with E-state index in [1.165, 1.54) is 12.1 Å². The SMILES string of the molecule is Cc1ccc(F)cc1CNC1CCN(C)C1=O. The van der Waals surface area contributed by atoms with Crippen LogP contribution in [-0.4, -0.2) is 30.4 Å². The highest BCUT2D eigenvalue weighted by molar-refractivity contribution is 5.83. The van der Waals surface area contributed by atoms with Gasteiger partial charge in [-0.3, -0.25) is 4.79 Å². The number of nitrogens with one attached hydrogen (secondary N) is 1. The van der Waals surface area contributed by atoms with Gasteiger partial charge >= 0.3 is 0 Å². The van der Waals surface area contributed by atoms with Crippen LogP contribution in [0, 0.1) is 12.7 Å². The molecule has 1 aliphatic rings. The van der Waals surface area contributed by atoms with Crippen LogP contribution in [0.1, 0.15) is 17.5 Å². The molecule has 1 saturated heterocycles. The van der Waals surface area contributed by atoms with E-state index in [-0.39, 0.29) is 17.8 Å². The van der Waals surface area contributed by atoms with Gasteiger partial charge in [-0.2, -0.15) is 0 Å². The molecular formula is C13H17FN2O. The summed E-state index contributed by atoms with van der Waals surface area (Å²) >= 11 is 0. The number of hydrogen-bond acceptors (Lipinski definition) is 2. The lowest BCUT2D eigenvalue weighted by Crippen LogP contribution is -2.36. The molecule has 0 spiro atoms. The van der Waals surface area contributed by atoms with Gasteiger partial charge in [-0.25, -0.2) is 4.39 Å². The third kappa shape index (κ3) is 2.64. The summed E-state index contributed by atoms with van der Waals surface area (Å²) in [4.78, 5) is 13.4. The van der Waals surface area contributed by atoms with Crippen LogP contribution < -0.4 is 5.32 Å².